The zero-order valence-electron chi connectivity index (χ0n) is 12.0. The monoisotopic (exact) mass is 307 g/mol. The number of esters is 1. The van der Waals surface area contributed by atoms with E-state index in [9.17, 15) is 4.79 Å². The average Bonchev–Trinajstić information content (AvgIpc) is 3.04. The first-order valence-corrected chi connectivity index (χ1v) is 7.20. The SMILES string of the molecule is COC(=O)C1(C)CC2(OCCO2)C(=S)N1c1ccccc1. The fraction of sp³-hybridized carbons (Fsp3) is 0.467. The van der Waals surface area contributed by atoms with E-state index in [1.165, 1.54) is 7.11 Å². The van der Waals surface area contributed by atoms with Gasteiger partial charge in [0.05, 0.1) is 20.3 Å². The lowest BCUT2D eigenvalue weighted by molar-refractivity contribution is -0.151. The van der Waals surface area contributed by atoms with Crippen molar-refractivity contribution in [3.8, 4) is 0 Å². The fourth-order valence-electron chi connectivity index (χ4n) is 3.05. The minimum atomic E-state index is -1.01. The number of carbonyl (C=O) groups excluding carboxylic acids is 1. The number of thiocarbonyl (C=S) groups is 1. The summed E-state index contributed by atoms with van der Waals surface area (Å²) in [7, 11) is 1.38. The third-order valence-corrected chi connectivity index (χ3v) is 4.49. The summed E-state index contributed by atoms with van der Waals surface area (Å²) in [6.07, 6.45) is 0.320. The Morgan fingerprint density at radius 3 is 2.48 bits per heavy atom. The molecule has 2 heterocycles. The van der Waals surface area contributed by atoms with Gasteiger partial charge in [-0.1, -0.05) is 30.4 Å². The van der Waals surface area contributed by atoms with Crippen LogP contribution in [0, 0.1) is 0 Å². The number of benzene rings is 1. The lowest BCUT2D eigenvalue weighted by Crippen LogP contribution is -2.50. The number of rotatable bonds is 2. The van der Waals surface area contributed by atoms with E-state index in [0.717, 1.165) is 5.69 Å². The van der Waals surface area contributed by atoms with Crippen LogP contribution in [0.25, 0.3) is 0 Å². The Balaban J connectivity index is 2.09. The zero-order valence-corrected chi connectivity index (χ0v) is 12.8. The molecule has 0 radical (unpaired) electrons. The van der Waals surface area contributed by atoms with Gasteiger partial charge in [0.1, 0.15) is 10.5 Å². The van der Waals surface area contributed by atoms with Gasteiger partial charge in [0, 0.05) is 12.1 Å². The highest BCUT2D eigenvalue weighted by Crippen LogP contribution is 2.45. The molecular formula is C15H17NO4S. The Morgan fingerprint density at radius 1 is 1.29 bits per heavy atom. The molecule has 21 heavy (non-hydrogen) atoms. The molecule has 1 aromatic rings. The maximum absolute atomic E-state index is 12.4. The van der Waals surface area contributed by atoms with Crippen molar-refractivity contribution in [2.75, 3.05) is 25.2 Å². The molecule has 1 unspecified atom stereocenters. The molecule has 0 bridgehead atoms. The van der Waals surface area contributed by atoms with Gasteiger partial charge >= 0.3 is 5.97 Å². The van der Waals surface area contributed by atoms with Crippen molar-refractivity contribution < 1.29 is 19.0 Å². The lowest BCUT2D eigenvalue weighted by atomic mass is 9.96. The van der Waals surface area contributed by atoms with Gasteiger partial charge in [-0.3, -0.25) is 0 Å². The van der Waals surface area contributed by atoms with Crippen LogP contribution in [0.1, 0.15) is 13.3 Å². The van der Waals surface area contributed by atoms with Crippen LogP contribution in [-0.4, -0.2) is 42.6 Å². The molecule has 112 valence electrons. The zero-order chi connectivity index (χ0) is 15.1. The molecule has 0 amide bonds. The van der Waals surface area contributed by atoms with E-state index < -0.39 is 11.3 Å². The topological polar surface area (TPSA) is 48.0 Å². The van der Waals surface area contributed by atoms with Gasteiger partial charge in [0.2, 0.25) is 5.79 Å². The molecule has 2 saturated heterocycles. The van der Waals surface area contributed by atoms with Crippen LogP contribution in [0.4, 0.5) is 5.69 Å². The first-order chi connectivity index (χ1) is 10.0. The highest BCUT2D eigenvalue weighted by molar-refractivity contribution is 7.80. The first kappa shape index (κ1) is 14.4. The average molecular weight is 307 g/mol. The van der Waals surface area contributed by atoms with E-state index in [4.69, 9.17) is 26.4 Å². The van der Waals surface area contributed by atoms with Crippen molar-refractivity contribution in [1.29, 1.82) is 0 Å². The van der Waals surface area contributed by atoms with Crippen LogP contribution in [0.5, 0.6) is 0 Å². The van der Waals surface area contributed by atoms with Crippen molar-refractivity contribution in [2.24, 2.45) is 0 Å². The lowest BCUT2D eigenvalue weighted by Gasteiger charge is -2.33. The standard InChI is InChI=1S/C15H17NO4S/c1-14(13(17)18-2)10-15(19-8-9-20-15)12(21)16(14)11-6-4-3-5-7-11/h3-7H,8-10H2,1-2H3. The van der Waals surface area contributed by atoms with Gasteiger partial charge in [-0.05, 0) is 19.1 Å². The number of hydrogen-bond donors (Lipinski definition) is 0. The van der Waals surface area contributed by atoms with Crippen molar-refractivity contribution in [3.63, 3.8) is 0 Å². The summed E-state index contributed by atoms with van der Waals surface area (Å²) in [5, 5.41) is 0. The van der Waals surface area contributed by atoms with Crippen molar-refractivity contribution in [1.82, 2.24) is 0 Å². The highest BCUT2D eigenvalue weighted by atomic mass is 32.1. The fourth-order valence-corrected chi connectivity index (χ4v) is 3.54. The molecule has 0 saturated carbocycles. The molecule has 5 nitrogen and oxygen atoms in total. The molecule has 1 atom stereocenters. The van der Waals surface area contributed by atoms with E-state index in [0.29, 0.717) is 24.6 Å². The Bertz CT molecular complexity index is 570. The number of carbonyl (C=O) groups is 1. The molecule has 0 aromatic heterocycles. The Hall–Kier alpha value is -1.50. The summed E-state index contributed by atoms with van der Waals surface area (Å²) in [5.41, 5.74) is -0.122. The molecule has 0 N–H and O–H groups in total. The molecule has 1 spiro atoms. The number of methoxy groups -OCH3 is 1. The third kappa shape index (κ3) is 2.06. The predicted octanol–water partition coefficient (Wildman–Crippen LogP) is 1.90. The van der Waals surface area contributed by atoms with E-state index in [-0.39, 0.29) is 5.97 Å². The number of para-hydroxylation sites is 1. The second kappa shape index (κ2) is 5.05. The maximum atomic E-state index is 12.4. The van der Waals surface area contributed by atoms with Crippen LogP contribution in [0.15, 0.2) is 30.3 Å². The van der Waals surface area contributed by atoms with Crippen LogP contribution >= 0.6 is 12.2 Å². The first-order valence-electron chi connectivity index (χ1n) is 6.79. The normalized spacial score (nSPS) is 27.3. The van der Waals surface area contributed by atoms with Crippen molar-refractivity contribution in [3.05, 3.63) is 30.3 Å². The molecule has 2 aliphatic rings. The number of nitrogens with zero attached hydrogens (tertiary/aromatic N) is 1. The minimum Gasteiger partial charge on any atom is -0.467 e. The van der Waals surface area contributed by atoms with Crippen molar-refractivity contribution in [2.45, 2.75) is 24.7 Å². The van der Waals surface area contributed by atoms with Gasteiger partial charge in [0.25, 0.3) is 0 Å². The molecule has 6 heteroatoms. The van der Waals surface area contributed by atoms with Gasteiger partial charge in [-0.25, -0.2) is 4.79 Å². The Morgan fingerprint density at radius 2 is 1.90 bits per heavy atom. The number of ether oxygens (including phenoxy) is 3. The maximum Gasteiger partial charge on any atom is 0.332 e. The van der Waals surface area contributed by atoms with E-state index >= 15 is 0 Å². The Kier molecular flexibility index (Phi) is 3.47. The van der Waals surface area contributed by atoms with Crippen LogP contribution in [0.3, 0.4) is 0 Å². The molecular weight excluding hydrogens is 290 g/mol. The number of hydrogen-bond acceptors (Lipinski definition) is 5. The molecule has 0 aliphatic carbocycles. The third-order valence-electron chi connectivity index (χ3n) is 3.99. The second-order valence-electron chi connectivity index (χ2n) is 5.37. The van der Waals surface area contributed by atoms with E-state index in [1.807, 2.05) is 30.3 Å². The minimum absolute atomic E-state index is 0.320. The van der Waals surface area contributed by atoms with Crippen LogP contribution in [0.2, 0.25) is 0 Å². The number of anilines is 1. The summed E-state index contributed by atoms with van der Waals surface area (Å²) in [6.45, 7) is 2.75. The van der Waals surface area contributed by atoms with Gasteiger partial charge in [-0.15, -0.1) is 0 Å². The van der Waals surface area contributed by atoms with Crippen LogP contribution < -0.4 is 4.90 Å². The second-order valence-corrected chi connectivity index (χ2v) is 5.75. The smallest absolute Gasteiger partial charge is 0.332 e. The van der Waals surface area contributed by atoms with Gasteiger partial charge in [-0.2, -0.15) is 0 Å². The molecule has 3 rings (SSSR count). The molecule has 2 fully saturated rings. The van der Waals surface area contributed by atoms with Gasteiger partial charge in [0.15, 0.2) is 0 Å². The summed E-state index contributed by atoms with van der Waals surface area (Å²) in [6, 6.07) is 9.52. The summed E-state index contributed by atoms with van der Waals surface area (Å²) < 4.78 is 16.5. The molecule has 2 aliphatic heterocycles. The quantitative estimate of drug-likeness (QED) is 0.614. The Labute approximate surface area is 128 Å². The van der Waals surface area contributed by atoms with Crippen molar-refractivity contribution >= 4 is 28.9 Å². The van der Waals surface area contributed by atoms with Crippen LogP contribution in [-0.2, 0) is 19.0 Å². The molecule has 1 aromatic carbocycles. The summed E-state index contributed by atoms with van der Waals surface area (Å²) in [4.78, 5) is 14.6. The van der Waals surface area contributed by atoms with E-state index in [1.54, 1.807) is 11.8 Å². The largest absolute Gasteiger partial charge is 0.467 e. The summed E-state index contributed by atoms with van der Waals surface area (Å²) >= 11 is 5.58. The summed E-state index contributed by atoms with van der Waals surface area (Å²) in [5.74, 6) is -1.36. The van der Waals surface area contributed by atoms with Gasteiger partial charge < -0.3 is 19.1 Å². The van der Waals surface area contributed by atoms with E-state index in [2.05, 4.69) is 0 Å². The predicted molar refractivity (Wildman–Crippen MR) is 81.2 cm³/mol. The highest BCUT2D eigenvalue weighted by Gasteiger charge is 2.62.